The molecule has 0 saturated heterocycles. The molecule has 0 unspecified atom stereocenters. The van der Waals surface area contributed by atoms with E-state index in [9.17, 15) is 9.59 Å². The summed E-state index contributed by atoms with van der Waals surface area (Å²) in [5, 5.41) is 0.643. The zero-order chi connectivity index (χ0) is 12.7. The first-order valence-electron chi connectivity index (χ1n) is 4.91. The van der Waals surface area contributed by atoms with Crippen molar-refractivity contribution in [2.24, 2.45) is 0 Å². The van der Waals surface area contributed by atoms with Crippen LogP contribution < -0.4 is 5.43 Å². The second-order valence-electron chi connectivity index (χ2n) is 2.98. The third-order valence-corrected chi connectivity index (χ3v) is 2.53. The second-order valence-corrected chi connectivity index (χ2v) is 4.22. The Morgan fingerprint density at radius 3 is 2.76 bits per heavy atom. The lowest BCUT2D eigenvalue weighted by molar-refractivity contribution is -0.128. The highest BCUT2D eigenvalue weighted by Gasteiger charge is 1.98. The third-order valence-electron chi connectivity index (χ3n) is 1.86. The van der Waals surface area contributed by atoms with Crippen molar-refractivity contribution in [3.05, 3.63) is 44.3 Å². The standard InChI is InChI=1S/C9H5IO2.C3H6O2/c10-6-1-2-9-7(5-6)8(11)3-4-12-9;1-2-5-3-4/h1-5H;3H,2H2,1H3. The predicted molar refractivity (Wildman–Crippen MR) is 72.9 cm³/mol. The largest absolute Gasteiger partial charge is 0.468 e. The molecular weight excluding hydrogens is 335 g/mol. The molecule has 0 N–H and O–H groups in total. The molecule has 0 bridgehead atoms. The molecule has 90 valence electrons. The van der Waals surface area contributed by atoms with Crippen LogP contribution in [0, 0.1) is 3.57 Å². The van der Waals surface area contributed by atoms with Crippen molar-refractivity contribution in [1.29, 1.82) is 0 Å². The van der Waals surface area contributed by atoms with Crippen molar-refractivity contribution >= 4 is 40.0 Å². The highest BCUT2D eigenvalue weighted by atomic mass is 127. The van der Waals surface area contributed by atoms with Crippen molar-refractivity contribution in [2.75, 3.05) is 6.61 Å². The molecular formula is C12H11IO4. The van der Waals surface area contributed by atoms with Crippen molar-refractivity contribution in [3.63, 3.8) is 0 Å². The first-order chi connectivity index (χ1) is 8.19. The van der Waals surface area contributed by atoms with Crippen molar-refractivity contribution in [1.82, 2.24) is 0 Å². The van der Waals surface area contributed by atoms with E-state index in [1.807, 2.05) is 12.1 Å². The first-order valence-corrected chi connectivity index (χ1v) is 5.99. The van der Waals surface area contributed by atoms with Crippen LogP contribution in [0.5, 0.6) is 0 Å². The van der Waals surface area contributed by atoms with Gasteiger partial charge in [-0.2, -0.15) is 0 Å². The number of carbonyl (C=O) groups is 1. The monoisotopic (exact) mass is 346 g/mol. The van der Waals surface area contributed by atoms with E-state index >= 15 is 0 Å². The summed E-state index contributed by atoms with van der Waals surface area (Å²) in [6.07, 6.45) is 1.41. The van der Waals surface area contributed by atoms with Gasteiger partial charge in [0.1, 0.15) is 5.58 Å². The number of carbonyl (C=O) groups excluding carboxylic acids is 1. The molecule has 0 aliphatic rings. The summed E-state index contributed by atoms with van der Waals surface area (Å²) in [4.78, 5) is 20.5. The van der Waals surface area contributed by atoms with E-state index in [2.05, 4.69) is 27.3 Å². The molecule has 0 fully saturated rings. The van der Waals surface area contributed by atoms with Crippen LogP contribution in [-0.4, -0.2) is 13.1 Å². The molecule has 0 amide bonds. The summed E-state index contributed by atoms with van der Waals surface area (Å²) < 4.78 is 10.3. The van der Waals surface area contributed by atoms with Gasteiger partial charge in [-0.05, 0) is 47.7 Å². The summed E-state index contributed by atoms with van der Waals surface area (Å²) in [5.74, 6) is 0. The normalized spacial score (nSPS) is 9.29. The van der Waals surface area contributed by atoms with Crippen LogP contribution in [0.2, 0.25) is 0 Å². The van der Waals surface area contributed by atoms with Gasteiger partial charge in [-0.3, -0.25) is 9.59 Å². The Balaban J connectivity index is 0.000000249. The van der Waals surface area contributed by atoms with Crippen molar-refractivity contribution in [3.8, 4) is 0 Å². The van der Waals surface area contributed by atoms with Gasteiger partial charge in [-0.25, -0.2) is 0 Å². The lowest BCUT2D eigenvalue weighted by atomic mass is 10.2. The summed E-state index contributed by atoms with van der Waals surface area (Å²) in [5.41, 5.74) is 0.651. The molecule has 1 aromatic carbocycles. The van der Waals surface area contributed by atoms with Gasteiger partial charge in [-0.15, -0.1) is 0 Å². The van der Waals surface area contributed by atoms with Gasteiger partial charge in [0.15, 0.2) is 5.43 Å². The fourth-order valence-corrected chi connectivity index (χ4v) is 1.62. The average Bonchev–Trinajstić information content (AvgIpc) is 2.32. The molecule has 0 radical (unpaired) electrons. The number of halogens is 1. The van der Waals surface area contributed by atoms with Gasteiger partial charge >= 0.3 is 0 Å². The van der Waals surface area contributed by atoms with E-state index in [0.29, 0.717) is 24.0 Å². The predicted octanol–water partition coefficient (Wildman–Crippen LogP) is 2.58. The lowest BCUT2D eigenvalue weighted by Gasteiger charge is -1.94. The fraction of sp³-hybridized carbons (Fsp3) is 0.167. The van der Waals surface area contributed by atoms with Crippen LogP contribution in [0.25, 0.3) is 11.0 Å². The molecule has 0 saturated carbocycles. The molecule has 4 nitrogen and oxygen atoms in total. The van der Waals surface area contributed by atoms with E-state index in [1.165, 1.54) is 12.3 Å². The summed E-state index contributed by atoms with van der Waals surface area (Å²) in [6.45, 7) is 2.66. The van der Waals surface area contributed by atoms with E-state index in [1.54, 1.807) is 13.0 Å². The SMILES string of the molecule is CCOC=O.O=c1ccoc2ccc(I)cc12. The van der Waals surface area contributed by atoms with E-state index in [0.717, 1.165) is 3.57 Å². The zero-order valence-electron chi connectivity index (χ0n) is 9.18. The van der Waals surface area contributed by atoms with Crippen LogP contribution in [0.4, 0.5) is 0 Å². The molecule has 0 aliphatic heterocycles. The molecule has 17 heavy (non-hydrogen) atoms. The van der Waals surface area contributed by atoms with Gasteiger partial charge in [0.2, 0.25) is 0 Å². The second kappa shape index (κ2) is 7.05. The average molecular weight is 346 g/mol. The van der Waals surface area contributed by atoms with Crippen LogP contribution in [0.1, 0.15) is 6.92 Å². The van der Waals surface area contributed by atoms with Crippen LogP contribution >= 0.6 is 22.6 Å². The third kappa shape index (κ3) is 4.18. The Labute approximate surface area is 112 Å². The number of rotatable bonds is 2. The topological polar surface area (TPSA) is 56.5 Å². The number of fused-ring (bicyclic) bond motifs is 1. The van der Waals surface area contributed by atoms with Gasteiger partial charge < -0.3 is 9.15 Å². The zero-order valence-corrected chi connectivity index (χ0v) is 11.3. The van der Waals surface area contributed by atoms with Crippen LogP contribution in [-0.2, 0) is 9.53 Å². The minimum Gasteiger partial charge on any atom is -0.468 e. The van der Waals surface area contributed by atoms with E-state index < -0.39 is 0 Å². The van der Waals surface area contributed by atoms with E-state index in [-0.39, 0.29) is 5.43 Å². The molecule has 1 heterocycles. The number of ether oxygens (including phenoxy) is 1. The Hall–Kier alpha value is -1.37. The van der Waals surface area contributed by atoms with Gasteiger partial charge in [0.05, 0.1) is 18.3 Å². The number of hydrogen-bond donors (Lipinski definition) is 0. The Bertz CT molecular complexity index is 547. The highest BCUT2D eigenvalue weighted by Crippen LogP contribution is 2.13. The lowest BCUT2D eigenvalue weighted by Crippen LogP contribution is -1.97. The maximum Gasteiger partial charge on any atom is 0.293 e. The van der Waals surface area contributed by atoms with Crippen molar-refractivity contribution in [2.45, 2.75) is 6.92 Å². The molecule has 1 aromatic heterocycles. The molecule has 0 spiro atoms. The smallest absolute Gasteiger partial charge is 0.293 e. The Kier molecular flexibility index (Phi) is 5.68. The van der Waals surface area contributed by atoms with Crippen LogP contribution in [0.15, 0.2) is 39.7 Å². The van der Waals surface area contributed by atoms with Gasteiger partial charge in [0, 0.05) is 9.64 Å². The van der Waals surface area contributed by atoms with Gasteiger partial charge in [0.25, 0.3) is 6.47 Å². The van der Waals surface area contributed by atoms with Crippen molar-refractivity contribution < 1.29 is 13.9 Å². The molecule has 5 heteroatoms. The summed E-state index contributed by atoms with van der Waals surface area (Å²) in [7, 11) is 0. The minimum absolute atomic E-state index is 0.00904. The van der Waals surface area contributed by atoms with Gasteiger partial charge in [-0.1, -0.05) is 0 Å². The Morgan fingerprint density at radius 2 is 2.18 bits per heavy atom. The number of benzene rings is 1. The summed E-state index contributed by atoms with van der Waals surface area (Å²) in [6, 6.07) is 6.96. The minimum atomic E-state index is 0.00904. The maximum atomic E-state index is 11.3. The number of hydrogen-bond acceptors (Lipinski definition) is 4. The molecule has 0 atom stereocenters. The first kappa shape index (κ1) is 13.7. The molecule has 2 aromatic rings. The van der Waals surface area contributed by atoms with Crippen LogP contribution in [0.3, 0.4) is 0 Å². The Morgan fingerprint density at radius 1 is 1.41 bits per heavy atom. The fourth-order valence-electron chi connectivity index (χ4n) is 1.12. The van der Waals surface area contributed by atoms with E-state index in [4.69, 9.17) is 4.42 Å². The molecule has 2 rings (SSSR count). The molecule has 0 aliphatic carbocycles. The highest BCUT2D eigenvalue weighted by molar-refractivity contribution is 14.1. The summed E-state index contributed by atoms with van der Waals surface area (Å²) >= 11 is 2.16. The maximum absolute atomic E-state index is 11.3. The quantitative estimate of drug-likeness (QED) is 0.620.